The Bertz CT molecular complexity index is 1410. The zero-order chi connectivity index (χ0) is 20.8. The number of fused-ring (bicyclic) bond motifs is 2. The molecule has 30 heavy (non-hydrogen) atoms. The molecule has 9 heteroatoms. The molecule has 3 aromatic heterocycles. The molecule has 0 fully saturated rings. The molecule has 0 aliphatic rings. The average molecular weight is 403 g/mol. The number of imidazole rings is 1. The Morgan fingerprint density at radius 2 is 1.90 bits per heavy atom. The van der Waals surface area contributed by atoms with Crippen LogP contribution in [0.15, 0.2) is 42.9 Å². The van der Waals surface area contributed by atoms with E-state index in [2.05, 4.69) is 25.5 Å². The fourth-order valence-electron chi connectivity index (χ4n) is 3.71. The Labute approximate surface area is 170 Å². The molecule has 0 saturated carbocycles. The van der Waals surface area contributed by atoms with Gasteiger partial charge < -0.3 is 9.30 Å². The minimum atomic E-state index is -0.363. The highest BCUT2D eigenvalue weighted by Gasteiger charge is 2.19. The van der Waals surface area contributed by atoms with Crippen LogP contribution >= 0.6 is 0 Å². The standard InChI is InChI=1S/C21H18FN7O/c1-4-29-11-23-18-15(10-24-26-21(18)29)12-5-7-16(22)14(9-12)13-6-8-17-19(20(13)30-3)25-27-28(17)2/h5-11H,4H2,1-3H3. The lowest BCUT2D eigenvalue weighted by Gasteiger charge is -2.12. The fraction of sp³-hybridized carbons (Fsp3) is 0.190. The van der Waals surface area contributed by atoms with E-state index in [0.717, 1.165) is 28.7 Å². The molecule has 0 aliphatic carbocycles. The Morgan fingerprint density at radius 3 is 2.70 bits per heavy atom. The highest BCUT2D eigenvalue weighted by molar-refractivity contribution is 5.93. The van der Waals surface area contributed by atoms with Gasteiger partial charge in [-0.05, 0) is 36.8 Å². The Balaban J connectivity index is 1.73. The normalized spacial score (nSPS) is 11.5. The van der Waals surface area contributed by atoms with Crippen LogP contribution in [0.3, 0.4) is 0 Å². The maximum absolute atomic E-state index is 14.9. The summed E-state index contributed by atoms with van der Waals surface area (Å²) in [5.74, 6) is 0.113. The summed E-state index contributed by atoms with van der Waals surface area (Å²) >= 11 is 0. The molecule has 0 aliphatic heterocycles. The van der Waals surface area contributed by atoms with Gasteiger partial charge in [0, 0.05) is 30.3 Å². The SMILES string of the molecule is CCn1cnc2c(-c3ccc(F)c(-c4ccc5c(nnn5C)c4OC)c3)cnnc21. The number of ether oxygens (including phenoxy) is 1. The molecule has 0 radical (unpaired) electrons. The van der Waals surface area contributed by atoms with Crippen molar-refractivity contribution in [1.29, 1.82) is 0 Å². The van der Waals surface area contributed by atoms with Crippen molar-refractivity contribution < 1.29 is 9.13 Å². The number of aromatic nitrogens is 7. The second-order valence-electron chi connectivity index (χ2n) is 6.88. The molecule has 0 bridgehead atoms. The maximum atomic E-state index is 14.9. The second kappa shape index (κ2) is 6.87. The lowest BCUT2D eigenvalue weighted by Crippen LogP contribution is -1.96. The van der Waals surface area contributed by atoms with E-state index in [1.54, 1.807) is 43.5 Å². The minimum absolute atomic E-state index is 0.363. The Kier molecular flexibility index (Phi) is 4.16. The summed E-state index contributed by atoms with van der Waals surface area (Å²) in [5.41, 5.74) is 5.37. The Hall–Kier alpha value is -3.88. The van der Waals surface area contributed by atoms with E-state index in [1.165, 1.54) is 6.07 Å². The molecule has 0 saturated heterocycles. The van der Waals surface area contributed by atoms with Gasteiger partial charge in [0.2, 0.25) is 0 Å². The number of hydrogen-bond acceptors (Lipinski definition) is 6. The van der Waals surface area contributed by atoms with Gasteiger partial charge in [-0.25, -0.2) is 14.1 Å². The first-order valence-corrected chi connectivity index (χ1v) is 9.45. The first-order chi connectivity index (χ1) is 14.6. The smallest absolute Gasteiger partial charge is 0.183 e. The van der Waals surface area contributed by atoms with Gasteiger partial charge in [-0.3, -0.25) is 0 Å². The summed E-state index contributed by atoms with van der Waals surface area (Å²) in [6.45, 7) is 2.75. The fourth-order valence-corrected chi connectivity index (χ4v) is 3.71. The van der Waals surface area contributed by atoms with Gasteiger partial charge in [0.15, 0.2) is 16.9 Å². The van der Waals surface area contributed by atoms with Crippen LogP contribution in [0.5, 0.6) is 5.75 Å². The number of hydrogen-bond donors (Lipinski definition) is 0. The van der Waals surface area contributed by atoms with Gasteiger partial charge in [0.1, 0.15) is 11.3 Å². The van der Waals surface area contributed by atoms with E-state index in [1.807, 2.05) is 23.6 Å². The molecule has 0 unspecified atom stereocenters. The maximum Gasteiger partial charge on any atom is 0.183 e. The van der Waals surface area contributed by atoms with Crippen molar-refractivity contribution in [1.82, 2.24) is 34.7 Å². The summed E-state index contributed by atoms with van der Waals surface area (Å²) in [7, 11) is 3.34. The average Bonchev–Trinajstić information content (AvgIpc) is 3.37. The van der Waals surface area contributed by atoms with Crippen LogP contribution in [-0.4, -0.2) is 41.9 Å². The van der Waals surface area contributed by atoms with Crippen molar-refractivity contribution in [2.45, 2.75) is 13.5 Å². The van der Waals surface area contributed by atoms with E-state index >= 15 is 0 Å². The summed E-state index contributed by atoms with van der Waals surface area (Å²) in [6, 6.07) is 8.60. The predicted octanol–water partition coefficient (Wildman–Crippen LogP) is 3.61. The van der Waals surface area contributed by atoms with Crippen LogP contribution < -0.4 is 4.74 Å². The third-order valence-electron chi connectivity index (χ3n) is 5.25. The van der Waals surface area contributed by atoms with Crippen molar-refractivity contribution >= 4 is 22.2 Å². The summed E-state index contributed by atoms with van der Waals surface area (Å²) < 4.78 is 24.1. The number of benzene rings is 2. The van der Waals surface area contributed by atoms with E-state index in [-0.39, 0.29) is 5.82 Å². The van der Waals surface area contributed by atoms with E-state index in [0.29, 0.717) is 28.0 Å². The zero-order valence-electron chi connectivity index (χ0n) is 16.7. The molecule has 0 N–H and O–H groups in total. The zero-order valence-corrected chi connectivity index (χ0v) is 16.7. The molecule has 5 aromatic rings. The van der Waals surface area contributed by atoms with Crippen LogP contribution in [0, 0.1) is 5.82 Å². The molecule has 150 valence electrons. The molecular formula is C21H18FN7O. The summed E-state index contributed by atoms with van der Waals surface area (Å²) in [5, 5.41) is 16.5. The van der Waals surface area contributed by atoms with Crippen molar-refractivity contribution in [3.8, 4) is 28.0 Å². The molecule has 0 atom stereocenters. The van der Waals surface area contributed by atoms with Crippen LogP contribution in [-0.2, 0) is 13.6 Å². The molecule has 8 nitrogen and oxygen atoms in total. The van der Waals surface area contributed by atoms with Gasteiger partial charge in [0.25, 0.3) is 0 Å². The van der Waals surface area contributed by atoms with Gasteiger partial charge in [0.05, 0.1) is 25.2 Å². The summed E-state index contributed by atoms with van der Waals surface area (Å²) in [6.07, 6.45) is 3.38. The van der Waals surface area contributed by atoms with Gasteiger partial charge >= 0.3 is 0 Å². The van der Waals surface area contributed by atoms with Crippen molar-refractivity contribution in [3.63, 3.8) is 0 Å². The summed E-state index contributed by atoms with van der Waals surface area (Å²) in [4.78, 5) is 4.49. The lowest BCUT2D eigenvalue weighted by molar-refractivity contribution is 0.420. The Morgan fingerprint density at radius 1 is 1.03 bits per heavy atom. The molecule has 0 amide bonds. The van der Waals surface area contributed by atoms with Crippen LogP contribution in [0.2, 0.25) is 0 Å². The monoisotopic (exact) mass is 403 g/mol. The number of aryl methyl sites for hydroxylation is 2. The largest absolute Gasteiger partial charge is 0.494 e. The lowest BCUT2D eigenvalue weighted by atomic mass is 9.98. The second-order valence-corrected chi connectivity index (χ2v) is 6.88. The highest BCUT2D eigenvalue weighted by atomic mass is 19.1. The van der Waals surface area contributed by atoms with E-state index in [9.17, 15) is 4.39 Å². The van der Waals surface area contributed by atoms with E-state index < -0.39 is 0 Å². The van der Waals surface area contributed by atoms with Gasteiger partial charge in [-0.1, -0.05) is 11.3 Å². The highest BCUT2D eigenvalue weighted by Crippen LogP contribution is 2.39. The quantitative estimate of drug-likeness (QED) is 0.456. The van der Waals surface area contributed by atoms with Gasteiger partial charge in [-0.15, -0.1) is 10.2 Å². The predicted molar refractivity (Wildman–Crippen MR) is 110 cm³/mol. The van der Waals surface area contributed by atoms with Crippen LogP contribution in [0.25, 0.3) is 44.5 Å². The first-order valence-electron chi connectivity index (χ1n) is 9.45. The number of methoxy groups -OCH3 is 1. The van der Waals surface area contributed by atoms with Crippen molar-refractivity contribution in [2.75, 3.05) is 7.11 Å². The molecule has 2 aromatic carbocycles. The molecular weight excluding hydrogens is 385 g/mol. The van der Waals surface area contributed by atoms with E-state index in [4.69, 9.17) is 4.74 Å². The third kappa shape index (κ3) is 2.62. The first kappa shape index (κ1) is 18.2. The third-order valence-corrected chi connectivity index (χ3v) is 5.25. The molecule has 5 rings (SSSR count). The molecule has 3 heterocycles. The topological polar surface area (TPSA) is 83.5 Å². The number of rotatable bonds is 4. The van der Waals surface area contributed by atoms with Crippen molar-refractivity contribution in [2.24, 2.45) is 7.05 Å². The van der Waals surface area contributed by atoms with Gasteiger partial charge in [-0.2, -0.15) is 5.10 Å². The number of nitrogens with zero attached hydrogens (tertiary/aromatic N) is 7. The number of halogens is 1. The minimum Gasteiger partial charge on any atom is -0.494 e. The van der Waals surface area contributed by atoms with Crippen molar-refractivity contribution in [3.05, 3.63) is 48.7 Å². The van der Waals surface area contributed by atoms with Crippen LogP contribution in [0.4, 0.5) is 4.39 Å². The molecule has 0 spiro atoms. The van der Waals surface area contributed by atoms with Crippen LogP contribution in [0.1, 0.15) is 6.92 Å².